The second kappa shape index (κ2) is 6.91. The number of hydrogen-bond donors (Lipinski definition) is 0. The van der Waals surface area contributed by atoms with Crippen molar-refractivity contribution < 1.29 is 13.2 Å². The van der Waals surface area contributed by atoms with Crippen LogP contribution in [-0.4, -0.2) is 48.7 Å². The molecule has 0 radical (unpaired) electrons. The van der Waals surface area contributed by atoms with E-state index in [0.717, 1.165) is 25.7 Å². The van der Waals surface area contributed by atoms with Gasteiger partial charge in [-0.3, -0.25) is 4.79 Å². The molecule has 7 heteroatoms. The highest BCUT2D eigenvalue weighted by Gasteiger charge is 2.42. The van der Waals surface area contributed by atoms with Gasteiger partial charge in [-0.25, -0.2) is 8.42 Å². The molecule has 1 aromatic rings. The fourth-order valence-corrected chi connectivity index (χ4v) is 5.85. The van der Waals surface area contributed by atoms with E-state index in [9.17, 15) is 13.2 Å². The summed E-state index contributed by atoms with van der Waals surface area (Å²) in [5.74, 6) is 0.548. The van der Waals surface area contributed by atoms with Crippen LogP contribution in [0.15, 0.2) is 27.6 Å². The van der Waals surface area contributed by atoms with Crippen LogP contribution in [0.4, 0.5) is 0 Å². The Morgan fingerprint density at radius 2 is 1.85 bits per heavy atom. The second-order valence-corrected chi connectivity index (χ2v) is 10.6. The molecule has 1 unspecified atom stereocenters. The van der Waals surface area contributed by atoms with Crippen molar-refractivity contribution in [2.45, 2.75) is 62.4 Å². The largest absolute Gasteiger partial charge is 0.333 e. The van der Waals surface area contributed by atoms with E-state index < -0.39 is 10.0 Å². The van der Waals surface area contributed by atoms with Crippen LogP contribution in [0.1, 0.15) is 55.8 Å². The predicted octanol–water partition coefficient (Wildman–Crippen LogP) is 3.64. The maximum atomic E-state index is 13.3. The van der Waals surface area contributed by atoms with Crippen LogP contribution in [0.25, 0.3) is 0 Å². The van der Waals surface area contributed by atoms with Gasteiger partial charge in [-0.05, 0) is 85.5 Å². The van der Waals surface area contributed by atoms with Gasteiger partial charge in [0.05, 0.1) is 10.5 Å². The third-order valence-electron chi connectivity index (χ3n) is 5.79. The zero-order valence-electron chi connectivity index (χ0n) is 15.0. The Hall–Kier alpha value is -0.920. The van der Waals surface area contributed by atoms with Crippen molar-refractivity contribution in [1.82, 2.24) is 9.21 Å². The number of halogens is 1. The Labute approximate surface area is 163 Å². The van der Waals surface area contributed by atoms with E-state index in [4.69, 9.17) is 0 Å². The first-order valence-electron chi connectivity index (χ1n) is 9.52. The van der Waals surface area contributed by atoms with E-state index in [1.54, 1.807) is 18.2 Å². The summed E-state index contributed by atoms with van der Waals surface area (Å²) >= 11 is 3.47. The average molecular weight is 441 g/mol. The molecule has 3 fully saturated rings. The second-order valence-electron chi connectivity index (χ2n) is 7.77. The zero-order valence-corrected chi connectivity index (χ0v) is 17.4. The number of sulfonamides is 1. The smallest absolute Gasteiger partial charge is 0.255 e. The van der Waals surface area contributed by atoms with E-state index in [-0.39, 0.29) is 16.8 Å². The first-order valence-corrected chi connectivity index (χ1v) is 11.8. The molecule has 1 amide bonds. The van der Waals surface area contributed by atoms with Crippen molar-refractivity contribution in [2.24, 2.45) is 5.92 Å². The van der Waals surface area contributed by atoms with E-state index >= 15 is 0 Å². The quantitative estimate of drug-likeness (QED) is 0.678. The summed E-state index contributed by atoms with van der Waals surface area (Å²) in [4.78, 5) is 15.5. The highest BCUT2D eigenvalue weighted by Crippen LogP contribution is 2.41. The summed E-state index contributed by atoms with van der Waals surface area (Å²) < 4.78 is 27.9. The lowest BCUT2D eigenvalue weighted by molar-refractivity contribution is 0.0653. The van der Waals surface area contributed by atoms with Crippen molar-refractivity contribution in [3.8, 4) is 0 Å². The molecule has 0 aromatic heterocycles. The summed E-state index contributed by atoms with van der Waals surface area (Å²) in [6, 6.07) is 5.39. The molecule has 2 saturated carbocycles. The van der Waals surface area contributed by atoms with Crippen LogP contribution in [0.5, 0.6) is 0 Å². The molecule has 1 heterocycles. The van der Waals surface area contributed by atoms with Crippen LogP contribution in [0, 0.1) is 5.92 Å². The van der Waals surface area contributed by atoms with Gasteiger partial charge in [-0.2, -0.15) is 4.31 Å². The van der Waals surface area contributed by atoms with Crippen molar-refractivity contribution in [2.75, 3.05) is 13.1 Å². The number of hydrogen-bond acceptors (Lipinski definition) is 3. The van der Waals surface area contributed by atoms with E-state index in [2.05, 4.69) is 22.9 Å². The van der Waals surface area contributed by atoms with Gasteiger partial charge in [0.2, 0.25) is 10.0 Å². The molecule has 1 saturated heterocycles. The summed E-state index contributed by atoms with van der Waals surface area (Å²) in [5, 5.41) is 0. The molecular weight excluding hydrogens is 416 g/mol. The van der Waals surface area contributed by atoms with Gasteiger partial charge in [-0.15, -0.1) is 0 Å². The van der Waals surface area contributed by atoms with Gasteiger partial charge in [0, 0.05) is 29.6 Å². The third kappa shape index (κ3) is 3.45. The minimum Gasteiger partial charge on any atom is -0.333 e. The highest BCUT2D eigenvalue weighted by atomic mass is 79.9. The van der Waals surface area contributed by atoms with Crippen molar-refractivity contribution in [1.29, 1.82) is 0 Å². The van der Waals surface area contributed by atoms with Crippen LogP contribution in [-0.2, 0) is 10.0 Å². The Kier molecular flexibility index (Phi) is 4.90. The normalized spacial score (nSPS) is 22.4. The van der Waals surface area contributed by atoms with Crippen LogP contribution < -0.4 is 0 Å². The SMILES string of the molecule is CC(C1CC1)N(C(=O)c1cc(S(=O)(=O)N2CCCC2)ccc1Br)C1CC1. The van der Waals surface area contributed by atoms with Crippen molar-refractivity contribution >= 4 is 31.9 Å². The molecule has 5 nitrogen and oxygen atoms in total. The summed E-state index contributed by atoms with van der Waals surface area (Å²) in [6.45, 7) is 3.26. The molecule has 0 spiro atoms. The van der Waals surface area contributed by atoms with Crippen molar-refractivity contribution in [3.63, 3.8) is 0 Å². The van der Waals surface area contributed by atoms with Crippen LogP contribution in [0.3, 0.4) is 0 Å². The van der Waals surface area contributed by atoms with Crippen LogP contribution >= 0.6 is 15.9 Å². The fraction of sp³-hybridized carbons (Fsp3) is 0.632. The fourth-order valence-electron chi connectivity index (χ4n) is 3.89. The molecule has 4 rings (SSSR count). The maximum absolute atomic E-state index is 13.3. The molecule has 0 bridgehead atoms. The van der Waals surface area contributed by atoms with Crippen molar-refractivity contribution in [3.05, 3.63) is 28.2 Å². The third-order valence-corrected chi connectivity index (χ3v) is 8.37. The Balaban J connectivity index is 1.66. The highest BCUT2D eigenvalue weighted by molar-refractivity contribution is 9.10. The predicted molar refractivity (Wildman–Crippen MR) is 104 cm³/mol. The minimum absolute atomic E-state index is 0.0442. The zero-order chi connectivity index (χ0) is 18.5. The molecular formula is C19H25BrN2O3S. The lowest BCUT2D eigenvalue weighted by Crippen LogP contribution is -2.41. The first-order chi connectivity index (χ1) is 12.4. The minimum atomic E-state index is -3.52. The summed E-state index contributed by atoms with van der Waals surface area (Å²) in [5.41, 5.74) is 0.463. The molecule has 2 aliphatic carbocycles. The van der Waals surface area contributed by atoms with E-state index in [1.165, 1.54) is 17.1 Å². The average Bonchev–Trinajstić information content (AvgIpc) is 3.54. The molecule has 0 N–H and O–H groups in total. The summed E-state index contributed by atoms with van der Waals surface area (Å²) in [6.07, 6.45) is 6.26. The molecule has 1 atom stereocenters. The Morgan fingerprint density at radius 3 is 2.42 bits per heavy atom. The Bertz CT molecular complexity index is 812. The monoisotopic (exact) mass is 440 g/mol. The first kappa shape index (κ1) is 18.4. The molecule has 142 valence electrons. The number of nitrogens with zero attached hydrogens (tertiary/aromatic N) is 2. The van der Waals surface area contributed by atoms with Gasteiger partial charge in [0.25, 0.3) is 5.91 Å². The molecule has 1 aliphatic heterocycles. The van der Waals surface area contributed by atoms with Gasteiger partial charge in [0.1, 0.15) is 0 Å². The lowest BCUT2D eigenvalue weighted by Gasteiger charge is -2.30. The number of carbonyl (C=O) groups excluding carboxylic acids is 1. The van der Waals surface area contributed by atoms with Gasteiger partial charge in [0.15, 0.2) is 0 Å². The molecule has 1 aromatic carbocycles. The number of amides is 1. The number of carbonyl (C=O) groups is 1. The van der Waals surface area contributed by atoms with Crippen LogP contribution in [0.2, 0.25) is 0 Å². The van der Waals surface area contributed by atoms with E-state index in [0.29, 0.717) is 35.1 Å². The number of benzene rings is 1. The molecule has 3 aliphatic rings. The van der Waals surface area contributed by atoms with Gasteiger partial charge in [-0.1, -0.05) is 0 Å². The Morgan fingerprint density at radius 1 is 1.19 bits per heavy atom. The topological polar surface area (TPSA) is 57.7 Å². The maximum Gasteiger partial charge on any atom is 0.255 e. The molecule has 26 heavy (non-hydrogen) atoms. The summed E-state index contributed by atoms with van der Waals surface area (Å²) in [7, 11) is -3.52. The van der Waals surface area contributed by atoms with Gasteiger partial charge >= 0.3 is 0 Å². The number of rotatable bonds is 6. The van der Waals surface area contributed by atoms with Gasteiger partial charge < -0.3 is 4.90 Å². The van der Waals surface area contributed by atoms with E-state index in [1.807, 2.05) is 4.90 Å². The lowest BCUT2D eigenvalue weighted by atomic mass is 10.1. The standard InChI is InChI=1S/C19H25BrN2O3S/c1-13(14-4-5-14)22(15-6-7-15)19(23)17-12-16(8-9-18(17)20)26(24,25)21-10-2-3-11-21/h8-9,12-15H,2-7,10-11H2,1H3.